The second kappa shape index (κ2) is 7.06. The Balaban J connectivity index is 1.37. The minimum absolute atomic E-state index is 0.459. The van der Waals surface area contributed by atoms with E-state index in [2.05, 4.69) is 68.7 Å². The number of nitrogens with one attached hydrogen (secondary N) is 2. The Morgan fingerprint density at radius 3 is 2.70 bits per heavy atom. The number of likely N-dealkylation sites (tertiary alicyclic amines) is 1. The Bertz CT molecular complexity index is 1220. The van der Waals surface area contributed by atoms with Crippen LogP contribution in [0.5, 0.6) is 0 Å². The zero-order chi connectivity index (χ0) is 20.1. The summed E-state index contributed by atoms with van der Waals surface area (Å²) < 4.78 is 0. The largest absolute Gasteiger partial charge is 0.367 e. The zero-order valence-electron chi connectivity index (χ0n) is 17.2. The van der Waals surface area contributed by atoms with Crippen LogP contribution in [0.2, 0.25) is 0 Å². The van der Waals surface area contributed by atoms with Crippen molar-refractivity contribution in [2.75, 3.05) is 25.5 Å². The Hall–Kier alpha value is -2.99. The summed E-state index contributed by atoms with van der Waals surface area (Å²) in [6, 6.07) is 11.3. The first kappa shape index (κ1) is 17.8. The van der Waals surface area contributed by atoms with Crippen molar-refractivity contribution in [3.8, 4) is 11.1 Å². The monoisotopic (exact) mass is 398 g/mol. The maximum Gasteiger partial charge on any atom is 0.138 e. The van der Waals surface area contributed by atoms with Crippen molar-refractivity contribution in [3.63, 3.8) is 0 Å². The van der Waals surface area contributed by atoms with Crippen molar-refractivity contribution in [1.82, 2.24) is 24.8 Å². The molecule has 1 aliphatic heterocycles. The third-order valence-corrected chi connectivity index (χ3v) is 6.56. The molecule has 0 spiro atoms. The van der Waals surface area contributed by atoms with E-state index in [1.54, 1.807) is 6.33 Å². The molecule has 0 amide bonds. The average molecular weight is 399 g/mol. The topological polar surface area (TPSA) is 69.7 Å². The van der Waals surface area contributed by atoms with E-state index in [1.165, 1.54) is 29.5 Å². The number of aromatic amines is 1. The van der Waals surface area contributed by atoms with Gasteiger partial charge in [-0.15, -0.1) is 0 Å². The number of pyridine rings is 1. The SMILES string of the molecule is CN1CCC(Nc2ncnc3ccc(-c4c[nH]c5nc(C6CC6)ccc45)cc23)CC1. The second-order valence-corrected chi connectivity index (χ2v) is 8.78. The van der Waals surface area contributed by atoms with Crippen LogP contribution in [0, 0.1) is 0 Å². The van der Waals surface area contributed by atoms with Gasteiger partial charge in [-0.05, 0) is 75.6 Å². The fourth-order valence-corrected chi connectivity index (χ4v) is 4.55. The van der Waals surface area contributed by atoms with Crippen molar-refractivity contribution in [3.05, 3.63) is 48.5 Å². The molecule has 1 saturated carbocycles. The maximum atomic E-state index is 4.85. The fourth-order valence-electron chi connectivity index (χ4n) is 4.55. The van der Waals surface area contributed by atoms with Crippen molar-refractivity contribution in [1.29, 1.82) is 0 Å². The zero-order valence-corrected chi connectivity index (χ0v) is 17.2. The molecule has 6 heteroatoms. The number of fused-ring (bicyclic) bond motifs is 2. The van der Waals surface area contributed by atoms with Crippen LogP contribution >= 0.6 is 0 Å². The van der Waals surface area contributed by atoms with Gasteiger partial charge < -0.3 is 15.2 Å². The third kappa shape index (κ3) is 3.21. The molecule has 2 fully saturated rings. The lowest BCUT2D eigenvalue weighted by atomic mass is 10.0. The summed E-state index contributed by atoms with van der Waals surface area (Å²) in [5, 5.41) is 5.92. The van der Waals surface area contributed by atoms with E-state index in [9.17, 15) is 0 Å². The predicted molar refractivity (Wildman–Crippen MR) is 121 cm³/mol. The molecule has 1 saturated heterocycles. The Morgan fingerprint density at radius 2 is 1.87 bits per heavy atom. The molecule has 3 aromatic heterocycles. The molecule has 0 unspecified atom stereocenters. The number of hydrogen-bond acceptors (Lipinski definition) is 5. The normalized spacial score (nSPS) is 18.3. The molecular formula is C24H26N6. The molecule has 4 aromatic rings. The van der Waals surface area contributed by atoms with Crippen LogP contribution in [-0.2, 0) is 0 Å². The molecule has 1 aromatic carbocycles. The van der Waals surface area contributed by atoms with E-state index in [4.69, 9.17) is 4.98 Å². The Morgan fingerprint density at radius 1 is 1.00 bits per heavy atom. The van der Waals surface area contributed by atoms with E-state index in [0.717, 1.165) is 53.9 Å². The van der Waals surface area contributed by atoms with Crippen LogP contribution in [0.25, 0.3) is 33.1 Å². The van der Waals surface area contributed by atoms with Gasteiger partial charge >= 0.3 is 0 Å². The first-order valence-corrected chi connectivity index (χ1v) is 10.9. The Labute approximate surface area is 175 Å². The highest BCUT2D eigenvalue weighted by Gasteiger charge is 2.25. The van der Waals surface area contributed by atoms with E-state index < -0.39 is 0 Å². The molecule has 4 heterocycles. The smallest absolute Gasteiger partial charge is 0.138 e. The molecule has 30 heavy (non-hydrogen) atoms. The minimum Gasteiger partial charge on any atom is -0.367 e. The van der Waals surface area contributed by atoms with Gasteiger partial charge in [0.1, 0.15) is 17.8 Å². The molecule has 1 aliphatic carbocycles. The molecule has 6 nitrogen and oxygen atoms in total. The number of nitrogens with zero attached hydrogens (tertiary/aromatic N) is 4. The molecule has 0 bridgehead atoms. The van der Waals surface area contributed by atoms with Gasteiger partial charge in [0.05, 0.1) is 5.52 Å². The van der Waals surface area contributed by atoms with Gasteiger partial charge in [-0.25, -0.2) is 15.0 Å². The molecule has 2 N–H and O–H groups in total. The summed E-state index contributed by atoms with van der Waals surface area (Å²) in [6.45, 7) is 2.24. The van der Waals surface area contributed by atoms with Crippen LogP contribution < -0.4 is 5.32 Å². The summed E-state index contributed by atoms with van der Waals surface area (Å²) in [4.78, 5) is 19.7. The molecule has 0 radical (unpaired) electrons. The first-order chi connectivity index (χ1) is 14.7. The lowest BCUT2D eigenvalue weighted by molar-refractivity contribution is 0.264. The van der Waals surface area contributed by atoms with Gasteiger partial charge in [0.15, 0.2) is 0 Å². The van der Waals surface area contributed by atoms with Gasteiger partial charge in [0.25, 0.3) is 0 Å². The standard InChI is InChI=1S/C24H26N6/c1-30-10-8-17(9-11-30)28-24-19-12-16(4-6-22(19)26-14-27-24)20-13-25-23-18(20)5-7-21(29-23)15-2-3-15/h4-7,12-15,17H,2-3,8-11H2,1H3,(H,25,29)(H,26,27,28). The van der Waals surface area contributed by atoms with Crippen molar-refractivity contribution >= 4 is 27.8 Å². The van der Waals surface area contributed by atoms with Crippen molar-refractivity contribution < 1.29 is 0 Å². The third-order valence-electron chi connectivity index (χ3n) is 6.56. The number of piperidine rings is 1. The highest BCUT2D eigenvalue weighted by atomic mass is 15.1. The van der Waals surface area contributed by atoms with Crippen molar-refractivity contribution in [2.45, 2.75) is 37.6 Å². The van der Waals surface area contributed by atoms with E-state index in [1.807, 2.05) is 0 Å². The minimum atomic E-state index is 0.459. The van der Waals surface area contributed by atoms with Gasteiger partial charge in [-0.2, -0.15) is 0 Å². The quantitative estimate of drug-likeness (QED) is 0.527. The summed E-state index contributed by atoms with van der Waals surface area (Å²) in [7, 11) is 2.19. The van der Waals surface area contributed by atoms with Crippen LogP contribution in [0.3, 0.4) is 0 Å². The van der Waals surface area contributed by atoms with E-state index >= 15 is 0 Å². The fraction of sp³-hybridized carbons (Fsp3) is 0.375. The molecule has 2 aliphatic rings. The van der Waals surface area contributed by atoms with E-state index in [-0.39, 0.29) is 0 Å². The molecule has 6 rings (SSSR count). The number of rotatable bonds is 4. The first-order valence-electron chi connectivity index (χ1n) is 10.9. The Kier molecular flexibility index (Phi) is 4.20. The van der Waals surface area contributed by atoms with Crippen LogP contribution in [0.1, 0.15) is 37.3 Å². The summed E-state index contributed by atoms with van der Waals surface area (Å²) in [5.74, 6) is 1.59. The molecular weight excluding hydrogens is 372 g/mol. The highest BCUT2D eigenvalue weighted by Crippen LogP contribution is 2.40. The number of benzene rings is 1. The van der Waals surface area contributed by atoms with Gasteiger partial charge in [0, 0.05) is 40.2 Å². The average Bonchev–Trinajstić information content (AvgIpc) is 3.54. The van der Waals surface area contributed by atoms with Crippen LogP contribution in [0.15, 0.2) is 42.9 Å². The highest BCUT2D eigenvalue weighted by molar-refractivity contribution is 5.98. The van der Waals surface area contributed by atoms with Crippen molar-refractivity contribution in [2.24, 2.45) is 0 Å². The summed E-state index contributed by atoms with van der Waals surface area (Å²) >= 11 is 0. The number of aromatic nitrogens is 4. The van der Waals surface area contributed by atoms with Gasteiger partial charge in [-0.3, -0.25) is 0 Å². The summed E-state index contributed by atoms with van der Waals surface area (Å²) in [6.07, 6.45) is 8.55. The second-order valence-electron chi connectivity index (χ2n) is 8.78. The lowest BCUT2D eigenvalue weighted by Crippen LogP contribution is -2.36. The van der Waals surface area contributed by atoms with Gasteiger partial charge in [0.2, 0.25) is 0 Å². The van der Waals surface area contributed by atoms with Crippen LogP contribution in [-0.4, -0.2) is 51.0 Å². The maximum absolute atomic E-state index is 4.85. The number of hydrogen-bond donors (Lipinski definition) is 2. The van der Waals surface area contributed by atoms with Gasteiger partial charge in [-0.1, -0.05) is 6.07 Å². The molecule has 152 valence electrons. The van der Waals surface area contributed by atoms with E-state index in [0.29, 0.717) is 12.0 Å². The van der Waals surface area contributed by atoms with Crippen LogP contribution in [0.4, 0.5) is 5.82 Å². The predicted octanol–water partition coefficient (Wildman–Crippen LogP) is 4.56. The number of H-pyrrole nitrogens is 1. The number of anilines is 1. The molecule has 0 atom stereocenters. The summed E-state index contributed by atoms with van der Waals surface area (Å²) in [5.41, 5.74) is 5.50. The lowest BCUT2D eigenvalue weighted by Gasteiger charge is -2.30.